The molecule has 2 heterocycles. The van der Waals surface area contributed by atoms with E-state index >= 15 is 0 Å². The molecule has 1 aromatic heterocycles. The molecule has 0 bridgehead atoms. The first-order valence-electron chi connectivity index (χ1n) is 12.2. The number of carbonyl (C=O) groups is 1. The summed E-state index contributed by atoms with van der Waals surface area (Å²) in [5, 5.41) is 7.45. The van der Waals surface area contributed by atoms with E-state index in [1.165, 1.54) is 5.56 Å². The Kier molecular flexibility index (Phi) is 6.29. The number of nitrogens with zero attached hydrogens (tertiary/aromatic N) is 3. The quantitative estimate of drug-likeness (QED) is 0.335. The Balaban J connectivity index is 1.65. The fraction of sp³-hybridized carbons (Fsp3) is 0.233. The van der Waals surface area contributed by atoms with Gasteiger partial charge in [0, 0.05) is 11.3 Å². The number of urea groups is 1. The Labute approximate surface area is 216 Å². The van der Waals surface area contributed by atoms with Crippen LogP contribution in [0.2, 0.25) is 0 Å². The Bertz CT molecular complexity index is 1520. The highest BCUT2D eigenvalue weighted by Crippen LogP contribution is 2.39. The van der Waals surface area contributed by atoms with Gasteiger partial charge in [-0.3, -0.25) is 4.90 Å². The van der Waals surface area contributed by atoms with Crippen LogP contribution in [0.1, 0.15) is 46.7 Å². The van der Waals surface area contributed by atoms with Crippen LogP contribution in [0.4, 0.5) is 10.5 Å². The maximum atomic E-state index is 13.5. The SMILES string of the molecule is COc1ccc(-c2noc(C3=C(C)N(c4ccc(C)c(C)c4)C(=O)NC3c3ccc(C)c(C)c3)n2)cc1. The van der Waals surface area contributed by atoms with Crippen LogP contribution in [0.3, 0.4) is 0 Å². The third kappa shape index (κ3) is 4.48. The average Bonchev–Trinajstić information content (AvgIpc) is 3.37. The zero-order chi connectivity index (χ0) is 26.3. The summed E-state index contributed by atoms with van der Waals surface area (Å²) in [7, 11) is 1.63. The molecule has 5 rings (SSSR count). The van der Waals surface area contributed by atoms with Gasteiger partial charge in [0.25, 0.3) is 5.89 Å². The molecule has 1 aliphatic heterocycles. The number of carbonyl (C=O) groups excluding carboxylic acids is 1. The zero-order valence-corrected chi connectivity index (χ0v) is 21.9. The van der Waals surface area contributed by atoms with Gasteiger partial charge in [-0.15, -0.1) is 0 Å². The number of amides is 2. The number of hydrogen-bond acceptors (Lipinski definition) is 5. The minimum absolute atomic E-state index is 0.206. The van der Waals surface area contributed by atoms with Crippen molar-refractivity contribution in [3.05, 3.63) is 100 Å². The van der Waals surface area contributed by atoms with Crippen molar-refractivity contribution in [2.75, 3.05) is 12.0 Å². The van der Waals surface area contributed by atoms with Gasteiger partial charge in [-0.25, -0.2) is 4.79 Å². The zero-order valence-electron chi connectivity index (χ0n) is 21.9. The summed E-state index contributed by atoms with van der Waals surface area (Å²) in [6, 6.07) is 19.0. The number of aromatic nitrogens is 2. The fourth-order valence-electron chi connectivity index (χ4n) is 4.58. The van der Waals surface area contributed by atoms with E-state index in [9.17, 15) is 4.79 Å². The minimum atomic E-state index is -0.446. The minimum Gasteiger partial charge on any atom is -0.497 e. The van der Waals surface area contributed by atoms with Crippen LogP contribution in [-0.4, -0.2) is 23.3 Å². The van der Waals surface area contributed by atoms with Gasteiger partial charge >= 0.3 is 6.03 Å². The van der Waals surface area contributed by atoms with Crippen molar-refractivity contribution in [2.24, 2.45) is 0 Å². The highest BCUT2D eigenvalue weighted by Gasteiger charge is 2.36. The Hall–Kier alpha value is -4.39. The van der Waals surface area contributed by atoms with Crippen molar-refractivity contribution in [3.63, 3.8) is 0 Å². The summed E-state index contributed by atoms with van der Waals surface area (Å²) in [6.07, 6.45) is 0. The van der Waals surface area contributed by atoms with Gasteiger partial charge in [0.1, 0.15) is 5.75 Å². The molecule has 0 radical (unpaired) electrons. The van der Waals surface area contributed by atoms with Gasteiger partial charge in [-0.05, 0) is 98.8 Å². The van der Waals surface area contributed by atoms with Crippen molar-refractivity contribution < 1.29 is 14.1 Å². The molecule has 7 nitrogen and oxygen atoms in total. The molecule has 0 aliphatic carbocycles. The number of anilines is 1. The molecule has 0 fully saturated rings. The maximum absolute atomic E-state index is 13.5. The summed E-state index contributed by atoms with van der Waals surface area (Å²) in [6.45, 7) is 10.2. The molecule has 1 atom stereocenters. The second kappa shape index (κ2) is 9.58. The molecule has 1 unspecified atom stereocenters. The van der Waals surface area contributed by atoms with Crippen molar-refractivity contribution in [1.82, 2.24) is 15.5 Å². The molecule has 0 saturated heterocycles. The molecule has 0 saturated carbocycles. The van der Waals surface area contributed by atoms with Crippen LogP contribution in [0.15, 0.2) is 70.9 Å². The smallest absolute Gasteiger partial charge is 0.326 e. The van der Waals surface area contributed by atoms with Crippen molar-refractivity contribution in [1.29, 1.82) is 0 Å². The van der Waals surface area contributed by atoms with Crippen LogP contribution >= 0.6 is 0 Å². The third-order valence-electron chi connectivity index (χ3n) is 7.10. The van der Waals surface area contributed by atoms with E-state index in [1.807, 2.05) is 62.4 Å². The second-order valence-corrected chi connectivity index (χ2v) is 9.48. The largest absolute Gasteiger partial charge is 0.497 e. The predicted molar refractivity (Wildman–Crippen MR) is 144 cm³/mol. The summed E-state index contributed by atoms with van der Waals surface area (Å²) < 4.78 is 11.1. The first-order valence-corrected chi connectivity index (χ1v) is 12.2. The number of ether oxygens (including phenoxy) is 1. The van der Waals surface area contributed by atoms with Gasteiger partial charge in [-0.2, -0.15) is 4.98 Å². The van der Waals surface area contributed by atoms with Gasteiger partial charge in [0.15, 0.2) is 0 Å². The first-order chi connectivity index (χ1) is 17.8. The first kappa shape index (κ1) is 24.3. The van der Waals surface area contributed by atoms with E-state index in [-0.39, 0.29) is 6.03 Å². The van der Waals surface area contributed by atoms with Crippen molar-refractivity contribution >= 4 is 17.3 Å². The molecule has 1 aliphatic rings. The molecule has 3 aromatic carbocycles. The molecule has 188 valence electrons. The normalized spacial score (nSPS) is 15.7. The number of hydrogen-bond donors (Lipinski definition) is 1. The Morgan fingerprint density at radius 3 is 2.19 bits per heavy atom. The lowest BCUT2D eigenvalue weighted by Crippen LogP contribution is -2.46. The molecule has 37 heavy (non-hydrogen) atoms. The van der Waals surface area contributed by atoms with E-state index in [0.717, 1.165) is 50.5 Å². The number of methoxy groups -OCH3 is 1. The number of benzene rings is 3. The summed E-state index contributed by atoms with van der Waals surface area (Å²) in [5.74, 6) is 1.58. The number of allylic oxidation sites excluding steroid dienone is 1. The summed E-state index contributed by atoms with van der Waals surface area (Å²) >= 11 is 0. The van der Waals surface area contributed by atoms with E-state index in [0.29, 0.717) is 11.7 Å². The Morgan fingerprint density at radius 1 is 0.865 bits per heavy atom. The topological polar surface area (TPSA) is 80.5 Å². The van der Waals surface area contributed by atoms with E-state index < -0.39 is 6.04 Å². The maximum Gasteiger partial charge on any atom is 0.326 e. The molecule has 1 N–H and O–H groups in total. The molecular formula is C30H30N4O3. The highest BCUT2D eigenvalue weighted by molar-refractivity contribution is 6.01. The fourth-order valence-corrected chi connectivity index (χ4v) is 4.58. The van der Waals surface area contributed by atoms with Crippen LogP contribution < -0.4 is 15.0 Å². The van der Waals surface area contributed by atoms with Crippen LogP contribution in [-0.2, 0) is 0 Å². The number of nitrogens with one attached hydrogen (secondary N) is 1. The lowest BCUT2D eigenvalue weighted by molar-refractivity contribution is 0.244. The van der Waals surface area contributed by atoms with Gasteiger partial charge < -0.3 is 14.6 Å². The second-order valence-electron chi connectivity index (χ2n) is 9.48. The van der Waals surface area contributed by atoms with Crippen LogP contribution in [0.5, 0.6) is 5.75 Å². The average molecular weight is 495 g/mol. The van der Waals surface area contributed by atoms with Crippen molar-refractivity contribution in [2.45, 2.75) is 40.7 Å². The van der Waals surface area contributed by atoms with Gasteiger partial charge in [0.2, 0.25) is 5.82 Å². The molecule has 4 aromatic rings. The Morgan fingerprint density at radius 2 is 1.54 bits per heavy atom. The van der Waals surface area contributed by atoms with E-state index in [4.69, 9.17) is 14.2 Å². The third-order valence-corrected chi connectivity index (χ3v) is 7.10. The van der Waals surface area contributed by atoms with E-state index in [2.05, 4.69) is 43.4 Å². The van der Waals surface area contributed by atoms with Gasteiger partial charge in [0.05, 0.1) is 24.4 Å². The number of aryl methyl sites for hydroxylation is 4. The van der Waals surface area contributed by atoms with Crippen LogP contribution in [0.25, 0.3) is 17.0 Å². The summed E-state index contributed by atoms with van der Waals surface area (Å²) in [5.41, 5.74) is 8.64. The predicted octanol–water partition coefficient (Wildman–Crippen LogP) is 6.68. The number of rotatable bonds is 5. The summed E-state index contributed by atoms with van der Waals surface area (Å²) in [4.78, 5) is 19.9. The molecule has 2 amide bonds. The van der Waals surface area contributed by atoms with Crippen molar-refractivity contribution in [3.8, 4) is 17.1 Å². The molecule has 7 heteroatoms. The van der Waals surface area contributed by atoms with E-state index in [1.54, 1.807) is 12.0 Å². The monoisotopic (exact) mass is 494 g/mol. The van der Waals surface area contributed by atoms with Gasteiger partial charge in [-0.1, -0.05) is 29.4 Å². The molecular weight excluding hydrogens is 464 g/mol. The van der Waals surface area contributed by atoms with Crippen LogP contribution in [0, 0.1) is 27.7 Å². The highest BCUT2D eigenvalue weighted by atomic mass is 16.5. The lowest BCUT2D eigenvalue weighted by Gasteiger charge is -2.35. The lowest BCUT2D eigenvalue weighted by atomic mass is 9.92. The standard InChI is InChI=1S/C30H30N4O3/c1-17-7-9-23(15-19(17)3)27-26(29-32-28(33-37-29)22-10-13-25(36-6)14-11-22)21(5)34(30(35)31-27)24-12-8-18(2)20(4)16-24/h7-16,27H,1-6H3,(H,31,35). The molecule has 0 spiro atoms.